The van der Waals surface area contributed by atoms with E-state index in [-0.39, 0.29) is 28.8 Å². The van der Waals surface area contributed by atoms with E-state index in [2.05, 4.69) is 15.3 Å². The van der Waals surface area contributed by atoms with Crippen LogP contribution in [0.5, 0.6) is 0 Å². The first-order valence-electron chi connectivity index (χ1n) is 8.34. The number of hydrogen-bond donors (Lipinski definition) is 1. The molecule has 0 unspecified atom stereocenters. The molecule has 10 heteroatoms. The number of nitrogens with zero attached hydrogens (tertiary/aromatic N) is 4. The van der Waals surface area contributed by atoms with E-state index in [1.807, 2.05) is 0 Å². The Morgan fingerprint density at radius 3 is 2.77 bits per heavy atom. The maximum absolute atomic E-state index is 12.5. The number of hydrogen-bond acceptors (Lipinski definition) is 7. The fraction of sp³-hybridized carbons (Fsp3) is 0.562. The second-order valence-electron chi connectivity index (χ2n) is 6.21. The lowest BCUT2D eigenvalue weighted by molar-refractivity contribution is -0.119. The summed E-state index contributed by atoms with van der Waals surface area (Å²) in [6.45, 7) is 2.91. The highest BCUT2D eigenvalue weighted by atomic mass is 32.2. The normalized spacial score (nSPS) is 17.0. The van der Waals surface area contributed by atoms with Crippen molar-refractivity contribution < 1.29 is 9.53 Å². The molecule has 1 aliphatic heterocycles. The van der Waals surface area contributed by atoms with Crippen LogP contribution in [0.3, 0.4) is 0 Å². The van der Waals surface area contributed by atoms with Crippen molar-refractivity contribution in [3.8, 4) is 0 Å². The number of aromatic nitrogens is 4. The second-order valence-corrected chi connectivity index (χ2v) is 7.17. The Morgan fingerprint density at radius 1 is 1.31 bits per heavy atom. The fourth-order valence-electron chi connectivity index (χ4n) is 2.86. The Hall–Kier alpha value is -2.20. The van der Waals surface area contributed by atoms with Crippen molar-refractivity contribution in [2.24, 2.45) is 14.1 Å². The molecule has 1 atom stereocenters. The van der Waals surface area contributed by atoms with Crippen LogP contribution in [0.1, 0.15) is 18.7 Å². The van der Waals surface area contributed by atoms with Gasteiger partial charge in [-0.25, -0.2) is 14.8 Å². The predicted octanol–water partition coefficient (Wildman–Crippen LogP) is -0.277. The molecule has 140 valence electrons. The molecule has 1 N–H and O–H groups in total. The fourth-order valence-corrected chi connectivity index (χ4v) is 3.74. The molecular weight excluding hydrogens is 358 g/mol. The maximum Gasteiger partial charge on any atom is 0.332 e. The van der Waals surface area contributed by atoms with Crippen LogP contribution < -0.4 is 16.6 Å². The van der Waals surface area contributed by atoms with Crippen molar-refractivity contribution in [2.75, 3.05) is 18.9 Å². The number of nitrogens with one attached hydrogen (secondary N) is 1. The lowest BCUT2D eigenvalue weighted by Crippen LogP contribution is -2.38. The van der Waals surface area contributed by atoms with Crippen molar-refractivity contribution in [2.45, 2.75) is 30.9 Å². The maximum atomic E-state index is 12.5. The number of carbonyl (C=O) groups excluding carboxylic acids is 1. The summed E-state index contributed by atoms with van der Waals surface area (Å²) in [4.78, 5) is 45.2. The molecule has 1 saturated heterocycles. The smallest absolute Gasteiger partial charge is 0.332 e. The van der Waals surface area contributed by atoms with Crippen LogP contribution in [0.25, 0.3) is 11.0 Å². The number of rotatable bonds is 5. The third-order valence-corrected chi connectivity index (χ3v) is 5.24. The molecule has 9 nitrogen and oxygen atoms in total. The Kier molecular flexibility index (Phi) is 5.42. The Bertz CT molecular complexity index is 962. The molecule has 0 saturated carbocycles. The zero-order chi connectivity index (χ0) is 18.8. The van der Waals surface area contributed by atoms with Crippen LogP contribution in [0, 0.1) is 6.92 Å². The van der Waals surface area contributed by atoms with Crippen LogP contribution >= 0.6 is 11.8 Å². The molecule has 0 spiro atoms. The Morgan fingerprint density at radius 2 is 2.08 bits per heavy atom. The van der Waals surface area contributed by atoms with Gasteiger partial charge >= 0.3 is 5.69 Å². The number of carbonyl (C=O) groups is 1. The van der Waals surface area contributed by atoms with Crippen molar-refractivity contribution >= 4 is 28.7 Å². The van der Waals surface area contributed by atoms with Crippen molar-refractivity contribution in [1.82, 2.24) is 24.4 Å². The topological polar surface area (TPSA) is 108 Å². The Labute approximate surface area is 153 Å². The first kappa shape index (κ1) is 18.6. The van der Waals surface area contributed by atoms with Gasteiger partial charge in [-0.3, -0.25) is 18.7 Å². The summed E-state index contributed by atoms with van der Waals surface area (Å²) >= 11 is 1.16. The van der Waals surface area contributed by atoms with E-state index in [1.54, 1.807) is 14.0 Å². The standard InChI is InChI=1S/C16H21N5O4S/c1-9-18-13-12(15(23)21(3)16(24)20(13)2)14(19-9)26-8-11(22)17-7-10-5-4-6-25-10/h10H,4-8H2,1-3H3,(H,17,22)/t10-/m0/s1. The van der Waals surface area contributed by atoms with E-state index in [1.165, 1.54) is 11.6 Å². The predicted molar refractivity (Wildman–Crippen MR) is 97.5 cm³/mol. The third-order valence-electron chi connectivity index (χ3n) is 4.27. The van der Waals surface area contributed by atoms with E-state index < -0.39 is 11.2 Å². The van der Waals surface area contributed by atoms with Gasteiger partial charge in [-0.2, -0.15) is 0 Å². The number of thioether (sulfide) groups is 1. The minimum absolute atomic E-state index is 0.0768. The van der Waals surface area contributed by atoms with Gasteiger partial charge in [-0.05, 0) is 19.8 Å². The molecule has 1 aliphatic rings. The van der Waals surface area contributed by atoms with Crippen LogP contribution in [0.4, 0.5) is 0 Å². The molecule has 3 rings (SSSR count). The highest BCUT2D eigenvalue weighted by molar-refractivity contribution is 8.00. The number of aryl methyl sites for hydroxylation is 2. The second kappa shape index (κ2) is 7.58. The van der Waals surface area contributed by atoms with E-state index >= 15 is 0 Å². The molecule has 1 amide bonds. The quantitative estimate of drug-likeness (QED) is 0.562. The third kappa shape index (κ3) is 3.65. The molecule has 1 fully saturated rings. The van der Waals surface area contributed by atoms with E-state index in [9.17, 15) is 14.4 Å². The number of ether oxygens (including phenoxy) is 1. The van der Waals surface area contributed by atoms with Crippen molar-refractivity contribution in [3.63, 3.8) is 0 Å². The summed E-state index contributed by atoms with van der Waals surface area (Å²) in [5.74, 6) is 0.393. The summed E-state index contributed by atoms with van der Waals surface area (Å²) in [5, 5.41) is 3.48. The van der Waals surface area contributed by atoms with Gasteiger partial charge in [0.25, 0.3) is 5.56 Å². The molecule has 0 radical (unpaired) electrons. The minimum atomic E-state index is -0.467. The van der Waals surface area contributed by atoms with Crippen molar-refractivity contribution in [3.05, 3.63) is 26.7 Å². The average molecular weight is 379 g/mol. The summed E-state index contributed by atoms with van der Waals surface area (Å²) in [7, 11) is 2.96. The van der Waals surface area contributed by atoms with Crippen LogP contribution in [0.15, 0.2) is 14.6 Å². The van der Waals surface area contributed by atoms with Crippen LogP contribution in [-0.4, -0.2) is 50.0 Å². The van der Waals surface area contributed by atoms with Gasteiger partial charge in [0.15, 0.2) is 5.65 Å². The minimum Gasteiger partial charge on any atom is -0.376 e. The molecule has 0 aliphatic carbocycles. The Balaban J connectivity index is 1.82. The highest BCUT2D eigenvalue weighted by Gasteiger charge is 2.19. The first-order valence-corrected chi connectivity index (χ1v) is 9.32. The van der Waals surface area contributed by atoms with Gasteiger partial charge in [0.1, 0.15) is 16.2 Å². The molecule has 3 heterocycles. The molecule has 0 aromatic carbocycles. The highest BCUT2D eigenvalue weighted by Crippen LogP contribution is 2.21. The lowest BCUT2D eigenvalue weighted by Gasteiger charge is -2.12. The number of amides is 1. The lowest BCUT2D eigenvalue weighted by atomic mass is 10.2. The van der Waals surface area contributed by atoms with Crippen molar-refractivity contribution in [1.29, 1.82) is 0 Å². The van der Waals surface area contributed by atoms with E-state index in [0.717, 1.165) is 35.8 Å². The molecule has 26 heavy (non-hydrogen) atoms. The summed E-state index contributed by atoms with van der Waals surface area (Å²) in [6, 6.07) is 0. The summed E-state index contributed by atoms with van der Waals surface area (Å²) in [5.41, 5.74) is -0.649. The zero-order valence-corrected chi connectivity index (χ0v) is 15.8. The number of fused-ring (bicyclic) bond motifs is 1. The molecular formula is C16H21N5O4S. The molecule has 2 aromatic rings. The van der Waals surface area contributed by atoms with Gasteiger partial charge in [0.2, 0.25) is 5.91 Å². The van der Waals surface area contributed by atoms with Gasteiger partial charge in [-0.1, -0.05) is 11.8 Å². The monoisotopic (exact) mass is 379 g/mol. The average Bonchev–Trinajstić information content (AvgIpc) is 3.14. The van der Waals surface area contributed by atoms with Crippen LogP contribution in [0.2, 0.25) is 0 Å². The van der Waals surface area contributed by atoms with Gasteiger partial charge in [0.05, 0.1) is 11.9 Å². The summed E-state index contributed by atoms with van der Waals surface area (Å²) in [6.07, 6.45) is 2.05. The van der Waals surface area contributed by atoms with Crippen LogP contribution in [-0.2, 0) is 23.6 Å². The SMILES string of the molecule is Cc1nc(SCC(=O)NC[C@@H]2CCCO2)c2c(=O)n(C)c(=O)n(C)c2n1. The zero-order valence-electron chi connectivity index (χ0n) is 14.9. The van der Waals surface area contributed by atoms with Gasteiger partial charge in [-0.15, -0.1) is 0 Å². The van der Waals surface area contributed by atoms with E-state index in [4.69, 9.17) is 4.74 Å². The first-order chi connectivity index (χ1) is 12.4. The van der Waals surface area contributed by atoms with Gasteiger partial charge in [0, 0.05) is 27.2 Å². The van der Waals surface area contributed by atoms with Gasteiger partial charge < -0.3 is 10.1 Å². The molecule has 2 aromatic heterocycles. The largest absolute Gasteiger partial charge is 0.376 e. The molecule has 0 bridgehead atoms. The van der Waals surface area contributed by atoms with E-state index in [0.29, 0.717) is 17.4 Å². The summed E-state index contributed by atoms with van der Waals surface area (Å²) < 4.78 is 7.80.